The van der Waals surface area contributed by atoms with Crippen molar-refractivity contribution < 1.29 is 13.8 Å². The quantitative estimate of drug-likeness (QED) is 0.769. The van der Waals surface area contributed by atoms with Gasteiger partial charge in [-0.3, -0.25) is 24.6 Å². The van der Waals surface area contributed by atoms with Gasteiger partial charge in [-0.2, -0.15) is 0 Å². The maximum Gasteiger partial charge on any atom is 0.269 e. The molecule has 2 amide bonds. The lowest BCUT2D eigenvalue weighted by Crippen LogP contribution is -2.47. The second-order valence-corrected chi connectivity index (χ2v) is 8.01. The molecule has 0 radical (unpaired) electrons. The lowest BCUT2D eigenvalue weighted by atomic mass is 10.0. The predicted molar refractivity (Wildman–Crippen MR) is 107 cm³/mol. The number of carbonyl (C=O) groups excluding carboxylic acids is 2. The van der Waals surface area contributed by atoms with Crippen molar-refractivity contribution in [2.24, 2.45) is 0 Å². The molecule has 1 atom stereocenters. The fourth-order valence-electron chi connectivity index (χ4n) is 3.22. The third kappa shape index (κ3) is 5.17. The van der Waals surface area contributed by atoms with Gasteiger partial charge < -0.3 is 4.90 Å². The molecule has 3 rings (SSSR count). The normalized spacial score (nSPS) is 14.2. The Bertz CT molecular complexity index is 869. The first-order chi connectivity index (χ1) is 13.0. The molecule has 7 heteroatoms. The monoisotopic (exact) mass is 385 g/mol. The number of hydrogen-bond acceptors (Lipinski definition) is 4. The van der Waals surface area contributed by atoms with Crippen LogP contribution in [0.1, 0.15) is 27.9 Å². The van der Waals surface area contributed by atoms with Crippen molar-refractivity contribution in [3.8, 4) is 0 Å². The molecule has 0 aromatic heterocycles. The number of benzene rings is 2. The van der Waals surface area contributed by atoms with Gasteiger partial charge in [0.25, 0.3) is 11.8 Å². The molecule has 0 fully saturated rings. The Kier molecular flexibility index (Phi) is 6.24. The number of para-hydroxylation sites is 1. The van der Waals surface area contributed by atoms with Crippen LogP contribution in [-0.4, -0.2) is 35.4 Å². The van der Waals surface area contributed by atoms with Crippen LogP contribution < -0.4 is 15.8 Å². The van der Waals surface area contributed by atoms with Crippen molar-refractivity contribution in [1.82, 2.24) is 10.9 Å². The summed E-state index contributed by atoms with van der Waals surface area (Å²) in [6.45, 7) is 1.00. The third-order valence-corrected chi connectivity index (χ3v) is 5.16. The van der Waals surface area contributed by atoms with Crippen molar-refractivity contribution in [2.75, 3.05) is 24.2 Å². The van der Waals surface area contributed by atoms with Crippen molar-refractivity contribution in [3.63, 3.8) is 0 Å². The van der Waals surface area contributed by atoms with E-state index < -0.39 is 16.7 Å². The Balaban J connectivity index is 1.55. The lowest BCUT2D eigenvalue weighted by Gasteiger charge is -2.30. The highest BCUT2D eigenvalue weighted by Crippen LogP contribution is 2.26. The van der Waals surface area contributed by atoms with Crippen molar-refractivity contribution in [1.29, 1.82) is 0 Å². The number of hydrogen-bond donors (Lipinski definition) is 2. The summed E-state index contributed by atoms with van der Waals surface area (Å²) in [7, 11) is -0.979. The van der Waals surface area contributed by atoms with E-state index in [4.69, 9.17) is 0 Å². The standard InChI is InChI=1S/C20H23N3O3S/c1-27(26)14-15-6-4-8-17(12-15)20(25)22-21-19(24)13-23-11-5-9-16-7-2-3-10-18(16)23/h2-4,6-8,10,12H,5,9,11,13-14H2,1H3,(H,21,24)(H,22,25). The molecule has 2 aromatic carbocycles. The van der Waals surface area contributed by atoms with Gasteiger partial charge in [0.1, 0.15) is 0 Å². The molecule has 1 aliphatic heterocycles. The fourth-order valence-corrected chi connectivity index (χ4v) is 3.87. The highest BCUT2D eigenvalue weighted by molar-refractivity contribution is 7.83. The number of nitrogens with zero attached hydrogens (tertiary/aromatic N) is 1. The molecule has 6 nitrogen and oxygen atoms in total. The smallest absolute Gasteiger partial charge is 0.269 e. The zero-order valence-corrected chi connectivity index (χ0v) is 16.1. The molecule has 0 saturated carbocycles. The molecule has 27 heavy (non-hydrogen) atoms. The van der Waals surface area contributed by atoms with Crippen LogP contribution in [0.4, 0.5) is 5.69 Å². The van der Waals surface area contributed by atoms with Crippen molar-refractivity contribution in [2.45, 2.75) is 18.6 Å². The first-order valence-electron chi connectivity index (χ1n) is 8.84. The fraction of sp³-hybridized carbons (Fsp3) is 0.300. The molecular formula is C20H23N3O3S. The van der Waals surface area contributed by atoms with E-state index in [9.17, 15) is 13.8 Å². The van der Waals surface area contributed by atoms with Crippen molar-refractivity contribution in [3.05, 3.63) is 65.2 Å². The molecule has 2 aromatic rings. The summed E-state index contributed by atoms with van der Waals surface area (Å²) in [6.07, 6.45) is 3.64. The lowest BCUT2D eigenvalue weighted by molar-refractivity contribution is -0.120. The van der Waals surface area contributed by atoms with E-state index >= 15 is 0 Å². The molecular weight excluding hydrogens is 362 g/mol. The van der Waals surface area contributed by atoms with Crippen LogP contribution in [0.15, 0.2) is 48.5 Å². The first-order valence-corrected chi connectivity index (χ1v) is 10.6. The van der Waals surface area contributed by atoms with Gasteiger partial charge in [0, 0.05) is 40.6 Å². The zero-order chi connectivity index (χ0) is 19.2. The number of rotatable bonds is 5. The average molecular weight is 385 g/mol. The first kappa shape index (κ1) is 19.1. The summed E-state index contributed by atoms with van der Waals surface area (Å²) in [5, 5.41) is 0. The van der Waals surface area contributed by atoms with Gasteiger partial charge in [-0.25, -0.2) is 0 Å². The number of hydrazine groups is 1. The molecule has 0 spiro atoms. The number of aryl methyl sites for hydroxylation is 1. The predicted octanol–water partition coefficient (Wildman–Crippen LogP) is 1.78. The number of anilines is 1. The van der Waals surface area contributed by atoms with Crippen LogP contribution in [-0.2, 0) is 27.8 Å². The summed E-state index contributed by atoms with van der Waals surface area (Å²) in [5.41, 5.74) is 8.48. The van der Waals surface area contributed by atoms with Gasteiger partial charge >= 0.3 is 0 Å². The van der Waals surface area contributed by atoms with Gasteiger partial charge in [0.2, 0.25) is 0 Å². The van der Waals surface area contributed by atoms with Gasteiger partial charge in [0.05, 0.1) is 6.54 Å². The van der Waals surface area contributed by atoms with Gasteiger partial charge in [0.15, 0.2) is 0 Å². The van der Waals surface area contributed by atoms with Crippen molar-refractivity contribution >= 4 is 28.3 Å². The number of nitrogens with one attached hydrogen (secondary N) is 2. The number of fused-ring (bicyclic) bond motifs is 1. The second kappa shape index (κ2) is 8.81. The Labute approximate surface area is 161 Å². The van der Waals surface area contributed by atoms with E-state index in [1.807, 2.05) is 29.2 Å². The Morgan fingerprint density at radius 3 is 2.74 bits per heavy atom. The van der Waals surface area contributed by atoms with Gasteiger partial charge in [-0.05, 0) is 42.2 Å². The highest BCUT2D eigenvalue weighted by Gasteiger charge is 2.19. The van der Waals surface area contributed by atoms with Crippen LogP contribution in [0.5, 0.6) is 0 Å². The summed E-state index contributed by atoms with van der Waals surface area (Å²) in [5.74, 6) is -0.279. The molecule has 1 unspecified atom stereocenters. The third-order valence-electron chi connectivity index (χ3n) is 4.42. The summed E-state index contributed by atoms with van der Waals surface area (Å²) in [4.78, 5) is 26.5. The minimum atomic E-state index is -0.979. The van der Waals surface area contributed by atoms with E-state index in [-0.39, 0.29) is 12.5 Å². The van der Waals surface area contributed by atoms with Crippen LogP contribution in [0.3, 0.4) is 0 Å². The molecule has 2 N–H and O–H groups in total. The number of amides is 2. The van der Waals surface area contributed by atoms with E-state index in [1.165, 1.54) is 5.56 Å². The molecule has 0 aliphatic carbocycles. The van der Waals surface area contributed by atoms with E-state index in [0.717, 1.165) is 30.6 Å². The molecule has 142 valence electrons. The van der Waals surface area contributed by atoms with E-state index in [2.05, 4.69) is 16.9 Å². The SMILES string of the molecule is CS(=O)Cc1cccc(C(=O)NNC(=O)CN2CCCc3ccccc32)c1. The maximum absolute atomic E-state index is 12.3. The summed E-state index contributed by atoms with van der Waals surface area (Å²) < 4.78 is 11.3. The van der Waals surface area contributed by atoms with Crippen LogP contribution in [0, 0.1) is 0 Å². The Hall–Kier alpha value is -2.67. The largest absolute Gasteiger partial charge is 0.362 e. The number of carbonyl (C=O) groups is 2. The van der Waals surface area contributed by atoms with E-state index in [0.29, 0.717) is 11.3 Å². The van der Waals surface area contributed by atoms with Crippen LogP contribution in [0.2, 0.25) is 0 Å². The van der Waals surface area contributed by atoms with Crippen LogP contribution in [0.25, 0.3) is 0 Å². The second-order valence-electron chi connectivity index (χ2n) is 6.57. The molecule has 0 saturated heterocycles. The Morgan fingerprint density at radius 1 is 1.11 bits per heavy atom. The summed E-state index contributed by atoms with van der Waals surface area (Å²) >= 11 is 0. The molecule has 1 heterocycles. The molecule has 0 bridgehead atoms. The Morgan fingerprint density at radius 2 is 1.93 bits per heavy atom. The minimum Gasteiger partial charge on any atom is -0.362 e. The maximum atomic E-state index is 12.3. The van der Waals surface area contributed by atoms with Gasteiger partial charge in [-0.15, -0.1) is 0 Å². The summed E-state index contributed by atoms with van der Waals surface area (Å²) in [6, 6.07) is 15.0. The average Bonchev–Trinajstić information content (AvgIpc) is 2.66. The highest BCUT2D eigenvalue weighted by atomic mass is 32.2. The van der Waals surface area contributed by atoms with E-state index in [1.54, 1.807) is 24.5 Å². The van der Waals surface area contributed by atoms with Gasteiger partial charge in [-0.1, -0.05) is 30.3 Å². The minimum absolute atomic E-state index is 0.187. The van der Waals surface area contributed by atoms with Crippen LogP contribution >= 0.6 is 0 Å². The zero-order valence-electron chi connectivity index (χ0n) is 15.2. The topological polar surface area (TPSA) is 78.5 Å². The molecule has 1 aliphatic rings.